The monoisotopic (exact) mass is 291 g/mol. The minimum Gasteiger partial charge on any atom is -0.324 e. The molecule has 2 nitrogen and oxygen atoms in total. The van der Waals surface area contributed by atoms with Gasteiger partial charge in [0.2, 0.25) is 5.91 Å². The molecule has 0 saturated carbocycles. The SMILES string of the molecule is Cc1cc(C)c(NC(=O)Cc2ccc(F)cc2)c(Cl)c1. The van der Waals surface area contributed by atoms with E-state index in [1.807, 2.05) is 26.0 Å². The molecule has 0 radical (unpaired) electrons. The van der Waals surface area contributed by atoms with Crippen molar-refractivity contribution in [2.75, 3.05) is 5.32 Å². The summed E-state index contributed by atoms with van der Waals surface area (Å²) in [6, 6.07) is 9.64. The van der Waals surface area contributed by atoms with E-state index in [1.165, 1.54) is 12.1 Å². The van der Waals surface area contributed by atoms with E-state index in [0.29, 0.717) is 10.7 Å². The maximum absolute atomic E-state index is 12.8. The summed E-state index contributed by atoms with van der Waals surface area (Å²) in [7, 11) is 0. The van der Waals surface area contributed by atoms with Gasteiger partial charge >= 0.3 is 0 Å². The van der Waals surface area contributed by atoms with Crippen molar-refractivity contribution < 1.29 is 9.18 Å². The van der Waals surface area contributed by atoms with Gasteiger partial charge < -0.3 is 5.32 Å². The number of hydrogen-bond donors (Lipinski definition) is 1. The summed E-state index contributed by atoms with van der Waals surface area (Å²) in [6.45, 7) is 3.84. The van der Waals surface area contributed by atoms with E-state index in [0.717, 1.165) is 16.7 Å². The molecule has 0 fully saturated rings. The van der Waals surface area contributed by atoms with Gasteiger partial charge in [-0.05, 0) is 48.7 Å². The predicted octanol–water partition coefficient (Wildman–Crippen LogP) is 4.28. The van der Waals surface area contributed by atoms with E-state index in [1.54, 1.807) is 12.1 Å². The zero-order chi connectivity index (χ0) is 14.7. The number of amides is 1. The molecule has 0 aromatic heterocycles. The van der Waals surface area contributed by atoms with Crippen molar-refractivity contribution in [1.82, 2.24) is 0 Å². The van der Waals surface area contributed by atoms with E-state index in [-0.39, 0.29) is 18.1 Å². The summed E-state index contributed by atoms with van der Waals surface area (Å²) in [4.78, 5) is 12.0. The van der Waals surface area contributed by atoms with Gasteiger partial charge in [0.25, 0.3) is 0 Å². The first kappa shape index (κ1) is 14.5. The standard InChI is InChI=1S/C16H15ClFNO/c1-10-7-11(2)16(14(17)8-10)19-15(20)9-12-3-5-13(18)6-4-12/h3-8H,9H2,1-2H3,(H,19,20). The molecule has 0 spiro atoms. The van der Waals surface area contributed by atoms with Gasteiger partial charge in [0.15, 0.2) is 0 Å². The zero-order valence-electron chi connectivity index (χ0n) is 11.3. The van der Waals surface area contributed by atoms with Gasteiger partial charge in [-0.25, -0.2) is 4.39 Å². The zero-order valence-corrected chi connectivity index (χ0v) is 12.1. The fraction of sp³-hybridized carbons (Fsp3) is 0.188. The predicted molar refractivity (Wildman–Crippen MR) is 79.7 cm³/mol. The molecule has 1 N–H and O–H groups in total. The maximum Gasteiger partial charge on any atom is 0.228 e. The Balaban J connectivity index is 2.10. The Bertz CT molecular complexity index is 614. The van der Waals surface area contributed by atoms with Gasteiger partial charge in [-0.2, -0.15) is 0 Å². The fourth-order valence-corrected chi connectivity index (χ4v) is 2.41. The van der Waals surface area contributed by atoms with Crippen LogP contribution in [0.4, 0.5) is 10.1 Å². The van der Waals surface area contributed by atoms with Crippen LogP contribution in [0.25, 0.3) is 0 Å². The van der Waals surface area contributed by atoms with Crippen LogP contribution in [0.15, 0.2) is 36.4 Å². The van der Waals surface area contributed by atoms with Gasteiger partial charge in [-0.15, -0.1) is 0 Å². The molecule has 20 heavy (non-hydrogen) atoms. The summed E-state index contributed by atoms with van der Waals surface area (Å²) in [5.74, 6) is -0.489. The number of rotatable bonds is 3. The quantitative estimate of drug-likeness (QED) is 0.898. The Hall–Kier alpha value is -1.87. The average Bonchev–Trinajstić information content (AvgIpc) is 2.36. The highest BCUT2D eigenvalue weighted by Gasteiger charge is 2.10. The van der Waals surface area contributed by atoms with Crippen LogP contribution in [0.1, 0.15) is 16.7 Å². The van der Waals surface area contributed by atoms with Gasteiger partial charge in [-0.3, -0.25) is 4.79 Å². The number of hydrogen-bond acceptors (Lipinski definition) is 1. The molecule has 0 unspecified atom stereocenters. The van der Waals surface area contributed by atoms with Crippen molar-refractivity contribution in [3.8, 4) is 0 Å². The van der Waals surface area contributed by atoms with Crippen LogP contribution in [-0.4, -0.2) is 5.91 Å². The van der Waals surface area contributed by atoms with E-state index in [2.05, 4.69) is 5.32 Å². The summed E-state index contributed by atoms with van der Waals surface area (Å²) < 4.78 is 12.8. The highest BCUT2D eigenvalue weighted by atomic mass is 35.5. The Labute approximate surface area is 122 Å². The van der Waals surface area contributed by atoms with Gasteiger partial charge in [0, 0.05) is 0 Å². The normalized spacial score (nSPS) is 10.4. The highest BCUT2D eigenvalue weighted by molar-refractivity contribution is 6.34. The summed E-state index contributed by atoms with van der Waals surface area (Å²) >= 11 is 6.14. The number of benzene rings is 2. The Morgan fingerprint density at radius 2 is 1.85 bits per heavy atom. The third kappa shape index (κ3) is 3.58. The molecule has 0 heterocycles. The second kappa shape index (κ2) is 6.06. The topological polar surface area (TPSA) is 29.1 Å². The third-order valence-electron chi connectivity index (χ3n) is 2.97. The maximum atomic E-state index is 12.8. The molecule has 104 valence electrons. The van der Waals surface area contributed by atoms with Crippen molar-refractivity contribution in [3.63, 3.8) is 0 Å². The lowest BCUT2D eigenvalue weighted by molar-refractivity contribution is -0.115. The number of halogens is 2. The third-order valence-corrected chi connectivity index (χ3v) is 3.27. The molecule has 1 amide bonds. The van der Waals surface area contributed by atoms with Crippen molar-refractivity contribution in [3.05, 3.63) is 63.9 Å². The summed E-state index contributed by atoms with van der Waals surface area (Å²) in [6.07, 6.45) is 0.184. The molecule has 2 aromatic rings. The molecule has 2 rings (SSSR count). The Morgan fingerprint density at radius 1 is 1.20 bits per heavy atom. The Morgan fingerprint density at radius 3 is 2.45 bits per heavy atom. The second-order valence-electron chi connectivity index (χ2n) is 4.79. The van der Waals surface area contributed by atoms with Gasteiger partial charge in [0.05, 0.1) is 17.1 Å². The highest BCUT2D eigenvalue weighted by Crippen LogP contribution is 2.27. The van der Waals surface area contributed by atoms with Gasteiger partial charge in [0.1, 0.15) is 5.82 Å². The van der Waals surface area contributed by atoms with Crippen LogP contribution in [-0.2, 0) is 11.2 Å². The summed E-state index contributed by atoms with van der Waals surface area (Å²) in [5, 5.41) is 3.33. The Kier molecular flexibility index (Phi) is 4.40. The van der Waals surface area contributed by atoms with Crippen molar-refractivity contribution in [2.45, 2.75) is 20.3 Å². The summed E-state index contributed by atoms with van der Waals surface area (Å²) in [5.41, 5.74) is 3.35. The molecular formula is C16H15ClFNO. The lowest BCUT2D eigenvalue weighted by Gasteiger charge is -2.11. The lowest BCUT2D eigenvalue weighted by atomic mass is 10.1. The van der Waals surface area contributed by atoms with Crippen LogP contribution in [0, 0.1) is 19.7 Å². The molecular weight excluding hydrogens is 277 g/mol. The van der Waals surface area contributed by atoms with Crippen molar-refractivity contribution >= 4 is 23.2 Å². The number of nitrogens with one attached hydrogen (secondary N) is 1. The first-order valence-electron chi connectivity index (χ1n) is 6.27. The molecule has 4 heteroatoms. The first-order valence-corrected chi connectivity index (χ1v) is 6.64. The van der Waals surface area contributed by atoms with Crippen LogP contribution in [0.5, 0.6) is 0 Å². The van der Waals surface area contributed by atoms with Crippen LogP contribution in [0.3, 0.4) is 0 Å². The van der Waals surface area contributed by atoms with Crippen LogP contribution in [0.2, 0.25) is 5.02 Å². The number of aryl methyl sites for hydroxylation is 2. The van der Waals surface area contributed by atoms with Crippen molar-refractivity contribution in [2.24, 2.45) is 0 Å². The molecule has 0 aliphatic rings. The van der Waals surface area contributed by atoms with Gasteiger partial charge in [-0.1, -0.05) is 29.8 Å². The second-order valence-corrected chi connectivity index (χ2v) is 5.20. The minimum absolute atomic E-state index is 0.175. The van der Waals surface area contributed by atoms with E-state index in [4.69, 9.17) is 11.6 Å². The van der Waals surface area contributed by atoms with Crippen molar-refractivity contribution in [1.29, 1.82) is 0 Å². The fourth-order valence-electron chi connectivity index (χ4n) is 2.05. The molecule has 0 atom stereocenters. The molecule has 0 bridgehead atoms. The molecule has 0 aliphatic heterocycles. The minimum atomic E-state index is -0.313. The first-order chi connectivity index (χ1) is 9.45. The van der Waals surface area contributed by atoms with Crippen LogP contribution < -0.4 is 5.32 Å². The average molecular weight is 292 g/mol. The van der Waals surface area contributed by atoms with E-state index >= 15 is 0 Å². The number of carbonyl (C=O) groups is 1. The largest absolute Gasteiger partial charge is 0.324 e. The van der Waals surface area contributed by atoms with E-state index in [9.17, 15) is 9.18 Å². The molecule has 0 saturated heterocycles. The smallest absolute Gasteiger partial charge is 0.228 e. The number of carbonyl (C=O) groups excluding carboxylic acids is 1. The molecule has 0 aliphatic carbocycles. The molecule has 2 aromatic carbocycles. The lowest BCUT2D eigenvalue weighted by Crippen LogP contribution is -2.15. The van der Waals surface area contributed by atoms with E-state index < -0.39 is 0 Å². The van der Waals surface area contributed by atoms with Crippen LogP contribution >= 0.6 is 11.6 Å². The number of anilines is 1.